The van der Waals surface area contributed by atoms with Gasteiger partial charge in [-0.3, -0.25) is 4.79 Å². The summed E-state index contributed by atoms with van der Waals surface area (Å²) in [5.41, 5.74) is 0.385. The Morgan fingerprint density at radius 2 is 2.36 bits per heavy atom. The van der Waals surface area contributed by atoms with E-state index in [0.29, 0.717) is 11.3 Å². The molecule has 2 saturated carbocycles. The van der Waals surface area contributed by atoms with Crippen LogP contribution >= 0.6 is 0 Å². The van der Waals surface area contributed by atoms with E-state index < -0.39 is 0 Å². The lowest BCUT2D eigenvalue weighted by Gasteiger charge is -2.11. The van der Waals surface area contributed by atoms with Gasteiger partial charge in [0.15, 0.2) is 0 Å². The Morgan fingerprint density at radius 3 is 2.82 bits per heavy atom. The van der Waals surface area contributed by atoms with Crippen LogP contribution in [-0.4, -0.2) is 23.7 Å². The maximum atomic E-state index is 11.2. The van der Waals surface area contributed by atoms with Crippen LogP contribution in [0.5, 0.6) is 0 Å². The highest BCUT2D eigenvalue weighted by atomic mass is 16.3. The minimum absolute atomic E-state index is 0.0787. The predicted octanol–water partition coefficient (Wildman–Crippen LogP) is -0.497. The third-order valence-corrected chi connectivity index (χ3v) is 3.60. The average molecular weight is 153 g/mol. The van der Waals surface area contributed by atoms with Crippen molar-refractivity contribution in [2.75, 3.05) is 6.61 Å². The van der Waals surface area contributed by atoms with E-state index in [-0.39, 0.29) is 24.5 Å². The van der Waals surface area contributed by atoms with Crippen molar-refractivity contribution in [1.29, 1.82) is 0 Å². The summed E-state index contributed by atoms with van der Waals surface area (Å²) in [4.78, 5) is 11.2. The molecule has 3 fully saturated rings. The van der Waals surface area contributed by atoms with E-state index in [1.165, 1.54) is 12.8 Å². The monoisotopic (exact) mass is 153 g/mol. The molecule has 3 nitrogen and oxygen atoms in total. The third kappa shape index (κ3) is 0.495. The number of hydrogen-bond acceptors (Lipinski definition) is 2. The molecule has 1 amide bonds. The largest absolute Gasteiger partial charge is 0.394 e. The van der Waals surface area contributed by atoms with Crippen LogP contribution in [0.1, 0.15) is 12.8 Å². The number of carbonyl (C=O) groups excluding carboxylic acids is 1. The van der Waals surface area contributed by atoms with Crippen molar-refractivity contribution in [2.45, 2.75) is 18.9 Å². The quantitative estimate of drug-likeness (QED) is 0.533. The van der Waals surface area contributed by atoms with Crippen LogP contribution in [0.2, 0.25) is 0 Å². The van der Waals surface area contributed by atoms with E-state index in [1.807, 2.05) is 0 Å². The highest BCUT2D eigenvalue weighted by Crippen LogP contribution is 2.77. The molecular weight excluding hydrogens is 142 g/mol. The molecule has 3 heteroatoms. The van der Waals surface area contributed by atoms with Crippen molar-refractivity contribution in [3.63, 3.8) is 0 Å². The first-order valence-electron chi connectivity index (χ1n) is 4.21. The number of fused-ring (bicyclic) bond motifs is 3. The Bertz CT molecular complexity index is 234. The van der Waals surface area contributed by atoms with Crippen molar-refractivity contribution in [3.8, 4) is 0 Å². The van der Waals surface area contributed by atoms with Gasteiger partial charge in [-0.05, 0) is 24.2 Å². The van der Waals surface area contributed by atoms with E-state index in [2.05, 4.69) is 5.32 Å². The second-order valence-electron chi connectivity index (χ2n) is 4.03. The van der Waals surface area contributed by atoms with Crippen LogP contribution in [0.4, 0.5) is 0 Å². The Morgan fingerprint density at radius 1 is 1.64 bits per heavy atom. The molecule has 0 unspecified atom stereocenters. The first kappa shape index (κ1) is 6.00. The lowest BCUT2D eigenvalue weighted by Crippen LogP contribution is -2.35. The maximum Gasteiger partial charge on any atom is 0.224 e. The van der Waals surface area contributed by atoms with Gasteiger partial charge in [0.25, 0.3) is 0 Å². The molecule has 0 bridgehead atoms. The molecule has 1 saturated heterocycles. The Balaban J connectivity index is 1.90. The Labute approximate surface area is 64.8 Å². The van der Waals surface area contributed by atoms with Crippen molar-refractivity contribution in [1.82, 2.24) is 5.32 Å². The Kier molecular flexibility index (Phi) is 0.796. The fourth-order valence-corrected chi connectivity index (χ4v) is 2.89. The summed E-state index contributed by atoms with van der Waals surface area (Å²) in [5, 5.41) is 11.7. The van der Waals surface area contributed by atoms with E-state index in [0.717, 1.165) is 0 Å². The highest BCUT2D eigenvalue weighted by molar-refractivity contribution is 5.88. The van der Waals surface area contributed by atoms with Gasteiger partial charge >= 0.3 is 0 Å². The number of aliphatic hydroxyl groups is 1. The number of rotatable bonds is 1. The van der Waals surface area contributed by atoms with Crippen molar-refractivity contribution in [2.24, 2.45) is 17.3 Å². The zero-order valence-electron chi connectivity index (χ0n) is 6.21. The van der Waals surface area contributed by atoms with Gasteiger partial charge < -0.3 is 10.4 Å². The molecule has 60 valence electrons. The fourth-order valence-electron chi connectivity index (χ4n) is 2.89. The minimum Gasteiger partial charge on any atom is -0.394 e. The number of amides is 1. The molecular formula is C8H11NO2. The smallest absolute Gasteiger partial charge is 0.224 e. The van der Waals surface area contributed by atoms with E-state index in [4.69, 9.17) is 5.11 Å². The number of piperidine rings is 1. The van der Waals surface area contributed by atoms with Gasteiger partial charge in [-0.25, -0.2) is 0 Å². The molecule has 2 N–H and O–H groups in total. The molecule has 3 atom stereocenters. The molecule has 0 aromatic heterocycles. The second-order valence-corrected chi connectivity index (χ2v) is 4.03. The topological polar surface area (TPSA) is 49.3 Å². The number of nitrogens with one attached hydrogen (secondary N) is 1. The molecule has 3 rings (SSSR count). The highest BCUT2D eigenvalue weighted by Gasteiger charge is 2.79. The molecule has 1 spiro atoms. The zero-order chi connectivity index (χ0) is 7.64. The van der Waals surface area contributed by atoms with Gasteiger partial charge in [0.05, 0.1) is 12.6 Å². The second kappa shape index (κ2) is 1.46. The van der Waals surface area contributed by atoms with Crippen LogP contribution in [0.25, 0.3) is 0 Å². The standard InChI is InChI=1S/C8H11NO2/c10-3-4-5-6(7(11)9-4)8(5)1-2-8/h4-6,10H,1-3H2,(H,9,11)/t4-,5-,6-/m1/s1. The average Bonchev–Trinajstić information content (AvgIpc) is 2.86. The molecule has 0 radical (unpaired) electrons. The van der Waals surface area contributed by atoms with Gasteiger partial charge in [0.2, 0.25) is 5.91 Å². The number of aliphatic hydroxyl groups excluding tert-OH is 1. The SMILES string of the molecule is O=C1N[C@H](CO)[C@@H]2[C@H]1C21CC1. The molecule has 1 aliphatic heterocycles. The van der Waals surface area contributed by atoms with Crippen molar-refractivity contribution >= 4 is 5.91 Å². The first-order valence-corrected chi connectivity index (χ1v) is 4.21. The predicted molar refractivity (Wildman–Crippen MR) is 37.7 cm³/mol. The summed E-state index contributed by atoms with van der Waals surface area (Å²) in [6.07, 6.45) is 2.43. The maximum absolute atomic E-state index is 11.2. The number of carbonyl (C=O) groups is 1. The van der Waals surface area contributed by atoms with Gasteiger partial charge in [-0.1, -0.05) is 0 Å². The zero-order valence-corrected chi connectivity index (χ0v) is 6.21. The van der Waals surface area contributed by atoms with Gasteiger partial charge in [0, 0.05) is 5.92 Å². The summed E-state index contributed by atoms with van der Waals surface area (Å²) in [6, 6.07) is 0.0787. The van der Waals surface area contributed by atoms with Gasteiger partial charge in [0.1, 0.15) is 0 Å². The lowest BCUT2D eigenvalue weighted by atomic mass is 10.1. The van der Waals surface area contributed by atoms with Crippen LogP contribution in [0.15, 0.2) is 0 Å². The van der Waals surface area contributed by atoms with Crippen molar-refractivity contribution < 1.29 is 9.90 Å². The summed E-state index contributed by atoms with van der Waals surface area (Å²) in [6.45, 7) is 0.120. The van der Waals surface area contributed by atoms with Crippen LogP contribution < -0.4 is 5.32 Å². The minimum atomic E-state index is 0.0787. The molecule has 11 heavy (non-hydrogen) atoms. The van der Waals surface area contributed by atoms with E-state index in [9.17, 15) is 4.79 Å². The first-order chi connectivity index (χ1) is 5.29. The number of hydrogen-bond donors (Lipinski definition) is 2. The van der Waals surface area contributed by atoms with Crippen molar-refractivity contribution in [3.05, 3.63) is 0 Å². The molecule has 0 aromatic carbocycles. The van der Waals surface area contributed by atoms with Gasteiger partial charge in [-0.15, -0.1) is 0 Å². The fraction of sp³-hybridized carbons (Fsp3) is 0.875. The van der Waals surface area contributed by atoms with Crippen LogP contribution in [-0.2, 0) is 4.79 Å². The van der Waals surface area contributed by atoms with Crippen LogP contribution in [0, 0.1) is 17.3 Å². The van der Waals surface area contributed by atoms with E-state index >= 15 is 0 Å². The third-order valence-electron chi connectivity index (χ3n) is 3.60. The summed E-state index contributed by atoms with van der Waals surface area (Å²) < 4.78 is 0. The molecule has 3 aliphatic rings. The Hall–Kier alpha value is -0.570. The molecule has 1 heterocycles. The lowest BCUT2D eigenvalue weighted by molar-refractivity contribution is -0.122. The summed E-state index contributed by atoms with van der Waals surface area (Å²) in [5.74, 6) is 0.950. The normalized spacial score (nSPS) is 48.8. The molecule has 2 aliphatic carbocycles. The molecule has 0 aromatic rings. The van der Waals surface area contributed by atoms with E-state index in [1.54, 1.807) is 0 Å². The summed E-state index contributed by atoms with van der Waals surface area (Å²) >= 11 is 0. The summed E-state index contributed by atoms with van der Waals surface area (Å²) in [7, 11) is 0. The van der Waals surface area contributed by atoms with Crippen LogP contribution in [0.3, 0.4) is 0 Å². The van der Waals surface area contributed by atoms with Gasteiger partial charge in [-0.2, -0.15) is 0 Å².